The standard InChI is InChI=1S/C18H24N2OS/c1-3-18(21)20-9-8-16(13(2)11-20)19-10-14-12-22-17-7-5-4-6-15(14)17/h4-7,12-13,16,19H,3,8-11H2,1-2H3/t13-,16-/m1/s1. The minimum absolute atomic E-state index is 0.286. The molecule has 2 atom stereocenters. The zero-order valence-corrected chi connectivity index (χ0v) is 14.2. The van der Waals surface area contributed by atoms with Crippen LogP contribution in [0.2, 0.25) is 0 Å². The van der Waals surface area contributed by atoms with Crippen molar-refractivity contribution in [3.05, 3.63) is 35.2 Å². The predicted octanol–water partition coefficient (Wildman–Crippen LogP) is 3.64. The summed E-state index contributed by atoms with van der Waals surface area (Å²) in [6.45, 7) is 6.88. The maximum Gasteiger partial charge on any atom is 0.222 e. The molecule has 3 nitrogen and oxygen atoms in total. The van der Waals surface area contributed by atoms with Crippen molar-refractivity contribution in [2.45, 2.75) is 39.3 Å². The number of amides is 1. The number of nitrogens with zero attached hydrogens (tertiary/aromatic N) is 1. The average molecular weight is 316 g/mol. The zero-order chi connectivity index (χ0) is 15.5. The lowest BCUT2D eigenvalue weighted by atomic mass is 9.93. The van der Waals surface area contributed by atoms with Crippen LogP contribution in [-0.2, 0) is 11.3 Å². The van der Waals surface area contributed by atoms with Crippen LogP contribution >= 0.6 is 11.3 Å². The summed E-state index contributed by atoms with van der Waals surface area (Å²) in [7, 11) is 0. The molecule has 0 aliphatic carbocycles. The van der Waals surface area contributed by atoms with Crippen LogP contribution in [0.4, 0.5) is 0 Å². The van der Waals surface area contributed by atoms with Gasteiger partial charge in [0, 0.05) is 36.8 Å². The van der Waals surface area contributed by atoms with Crippen LogP contribution in [-0.4, -0.2) is 29.9 Å². The molecule has 1 aromatic heterocycles. The van der Waals surface area contributed by atoms with E-state index in [1.807, 2.05) is 23.2 Å². The first-order chi connectivity index (χ1) is 10.7. The first-order valence-corrected chi connectivity index (χ1v) is 9.03. The molecule has 1 aliphatic rings. The highest BCUT2D eigenvalue weighted by molar-refractivity contribution is 7.17. The van der Waals surface area contributed by atoms with Gasteiger partial charge < -0.3 is 10.2 Å². The first-order valence-electron chi connectivity index (χ1n) is 8.15. The third-order valence-corrected chi connectivity index (χ3v) is 5.69. The largest absolute Gasteiger partial charge is 0.342 e. The number of carbonyl (C=O) groups excluding carboxylic acids is 1. The fourth-order valence-corrected chi connectivity index (χ4v) is 4.27. The number of hydrogen-bond acceptors (Lipinski definition) is 3. The summed E-state index contributed by atoms with van der Waals surface area (Å²) in [6, 6.07) is 9.09. The molecule has 118 valence electrons. The molecule has 1 N–H and O–H groups in total. The number of fused-ring (bicyclic) bond motifs is 1. The highest BCUT2D eigenvalue weighted by Crippen LogP contribution is 2.26. The smallest absolute Gasteiger partial charge is 0.222 e. The Kier molecular flexibility index (Phi) is 4.79. The molecule has 0 saturated carbocycles. The Morgan fingerprint density at radius 1 is 1.41 bits per heavy atom. The molecule has 2 heterocycles. The van der Waals surface area contributed by atoms with E-state index < -0.39 is 0 Å². The van der Waals surface area contributed by atoms with E-state index in [-0.39, 0.29) is 5.91 Å². The van der Waals surface area contributed by atoms with E-state index in [0.717, 1.165) is 26.1 Å². The number of hydrogen-bond donors (Lipinski definition) is 1. The second-order valence-electron chi connectivity index (χ2n) is 6.20. The Morgan fingerprint density at radius 3 is 3.00 bits per heavy atom. The Morgan fingerprint density at radius 2 is 2.23 bits per heavy atom. The Labute approximate surface area is 136 Å². The van der Waals surface area contributed by atoms with Crippen LogP contribution in [0.5, 0.6) is 0 Å². The maximum atomic E-state index is 11.8. The van der Waals surface area contributed by atoms with Gasteiger partial charge in [-0.2, -0.15) is 0 Å². The maximum absolute atomic E-state index is 11.8. The lowest BCUT2D eigenvalue weighted by Gasteiger charge is -2.37. The van der Waals surface area contributed by atoms with E-state index in [1.165, 1.54) is 15.6 Å². The summed E-state index contributed by atoms with van der Waals surface area (Å²) in [6.07, 6.45) is 1.67. The van der Waals surface area contributed by atoms with Crippen molar-refractivity contribution in [3.63, 3.8) is 0 Å². The van der Waals surface area contributed by atoms with Crippen molar-refractivity contribution in [1.82, 2.24) is 10.2 Å². The SMILES string of the molecule is CCC(=O)N1CC[C@@H](NCc2csc3ccccc23)[C@H](C)C1. The number of benzene rings is 1. The van der Waals surface area contributed by atoms with Crippen molar-refractivity contribution < 1.29 is 4.79 Å². The number of piperidine rings is 1. The van der Waals surface area contributed by atoms with Gasteiger partial charge in [0.15, 0.2) is 0 Å². The number of thiophene rings is 1. The van der Waals surface area contributed by atoms with Gasteiger partial charge in [0.2, 0.25) is 5.91 Å². The van der Waals surface area contributed by atoms with E-state index in [1.54, 1.807) is 0 Å². The lowest BCUT2D eigenvalue weighted by Crippen LogP contribution is -2.49. The molecule has 0 spiro atoms. The predicted molar refractivity (Wildman–Crippen MR) is 93.1 cm³/mol. The van der Waals surface area contributed by atoms with Gasteiger partial charge in [0.05, 0.1) is 0 Å². The summed E-state index contributed by atoms with van der Waals surface area (Å²) >= 11 is 1.82. The molecule has 22 heavy (non-hydrogen) atoms. The fourth-order valence-electron chi connectivity index (χ4n) is 3.31. The summed E-state index contributed by atoms with van der Waals surface area (Å²) in [4.78, 5) is 13.8. The van der Waals surface area contributed by atoms with Gasteiger partial charge in [0.25, 0.3) is 0 Å². The van der Waals surface area contributed by atoms with E-state index in [0.29, 0.717) is 18.4 Å². The molecule has 1 aromatic carbocycles. The molecule has 0 radical (unpaired) electrons. The molecular formula is C18H24N2OS. The van der Waals surface area contributed by atoms with Gasteiger partial charge >= 0.3 is 0 Å². The molecule has 2 aromatic rings. The monoisotopic (exact) mass is 316 g/mol. The van der Waals surface area contributed by atoms with Gasteiger partial charge in [-0.25, -0.2) is 0 Å². The lowest BCUT2D eigenvalue weighted by molar-refractivity contribution is -0.132. The average Bonchev–Trinajstić information content (AvgIpc) is 2.96. The number of carbonyl (C=O) groups is 1. The number of likely N-dealkylation sites (tertiary alicyclic amines) is 1. The normalized spacial score (nSPS) is 22.2. The highest BCUT2D eigenvalue weighted by Gasteiger charge is 2.27. The molecule has 4 heteroatoms. The van der Waals surface area contributed by atoms with Crippen molar-refractivity contribution in [2.24, 2.45) is 5.92 Å². The van der Waals surface area contributed by atoms with E-state index >= 15 is 0 Å². The Hall–Kier alpha value is -1.39. The topological polar surface area (TPSA) is 32.3 Å². The molecule has 0 bridgehead atoms. The van der Waals surface area contributed by atoms with E-state index in [9.17, 15) is 4.79 Å². The second-order valence-corrected chi connectivity index (χ2v) is 7.11. The van der Waals surface area contributed by atoms with Crippen LogP contribution < -0.4 is 5.32 Å². The molecular weight excluding hydrogens is 292 g/mol. The zero-order valence-electron chi connectivity index (χ0n) is 13.3. The van der Waals surface area contributed by atoms with Crippen molar-refractivity contribution in [3.8, 4) is 0 Å². The molecule has 1 aliphatic heterocycles. The molecule has 1 amide bonds. The Bertz CT molecular complexity index is 651. The Balaban J connectivity index is 1.59. The van der Waals surface area contributed by atoms with Gasteiger partial charge in [-0.1, -0.05) is 32.0 Å². The van der Waals surface area contributed by atoms with E-state index in [2.05, 4.69) is 41.9 Å². The second kappa shape index (κ2) is 6.80. The summed E-state index contributed by atoms with van der Waals surface area (Å²) in [5.74, 6) is 0.795. The van der Waals surface area contributed by atoms with Crippen LogP contribution in [0, 0.1) is 5.92 Å². The van der Waals surface area contributed by atoms with Crippen LogP contribution in [0.3, 0.4) is 0 Å². The van der Waals surface area contributed by atoms with Crippen LogP contribution in [0.25, 0.3) is 10.1 Å². The minimum atomic E-state index is 0.286. The van der Waals surface area contributed by atoms with Gasteiger partial charge in [-0.3, -0.25) is 4.79 Å². The summed E-state index contributed by atoms with van der Waals surface area (Å²) < 4.78 is 1.36. The van der Waals surface area contributed by atoms with Gasteiger partial charge in [0.1, 0.15) is 0 Å². The van der Waals surface area contributed by atoms with E-state index in [4.69, 9.17) is 0 Å². The molecule has 3 rings (SSSR count). The third kappa shape index (κ3) is 3.18. The molecule has 0 unspecified atom stereocenters. The highest BCUT2D eigenvalue weighted by atomic mass is 32.1. The number of rotatable bonds is 4. The van der Waals surface area contributed by atoms with Crippen molar-refractivity contribution in [2.75, 3.05) is 13.1 Å². The third-order valence-electron chi connectivity index (χ3n) is 4.68. The molecule has 1 saturated heterocycles. The fraction of sp³-hybridized carbons (Fsp3) is 0.500. The molecule has 1 fully saturated rings. The van der Waals surface area contributed by atoms with Gasteiger partial charge in [-0.15, -0.1) is 11.3 Å². The minimum Gasteiger partial charge on any atom is -0.342 e. The van der Waals surface area contributed by atoms with Gasteiger partial charge in [-0.05, 0) is 34.7 Å². The van der Waals surface area contributed by atoms with Crippen molar-refractivity contribution in [1.29, 1.82) is 0 Å². The van der Waals surface area contributed by atoms with Crippen molar-refractivity contribution >= 4 is 27.3 Å². The number of nitrogens with one attached hydrogen (secondary N) is 1. The summed E-state index contributed by atoms with van der Waals surface area (Å²) in [5.41, 5.74) is 1.39. The van der Waals surface area contributed by atoms with Crippen LogP contribution in [0.1, 0.15) is 32.3 Å². The van der Waals surface area contributed by atoms with Crippen LogP contribution in [0.15, 0.2) is 29.6 Å². The first kappa shape index (κ1) is 15.5. The summed E-state index contributed by atoms with van der Waals surface area (Å²) in [5, 5.41) is 7.34. The quantitative estimate of drug-likeness (QED) is 0.934.